The minimum atomic E-state index is -0.363. The van der Waals surface area contributed by atoms with Crippen LogP contribution in [0.5, 0.6) is 0 Å². The van der Waals surface area contributed by atoms with Gasteiger partial charge in [-0.1, -0.05) is 36.7 Å². The van der Waals surface area contributed by atoms with Crippen molar-refractivity contribution in [1.29, 1.82) is 0 Å². The van der Waals surface area contributed by atoms with Crippen LogP contribution in [-0.4, -0.2) is 6.54 Å². The first kappa shape index (κ1) is 15.9. The molecule has 0 bridgehead atoms. The highest BCUT2D eigenvalue weighted by atomic mass is 35.5. The summed E-state index contributed by atoms with van der Waals surface area (Å²) in [6, 6.07) is 9.42. The van der Waals surface area contributed by atoms with Gasteiger partial charge in [-0.05, 0) is 49.2 Å². The van der Waals surface area contributed by atoms with E-state index in [4.69, 9.17) is 11.6 Å². The monoisotopic (exact) mass is 309 g/mol. The third-order valence-corrected chi connectivity index (χ3v) is 3.66. The topological polar surface area (TPSA) is 12.0 Å². The first-order valence-corrected chi connectivity index (χ1v) is 7.32. The number of benzene rings is 2. The van der Waals surface area contributed by atoms with Crippen LogP contribution in [0.2, 0.25) is 5.02 Å². The minimum absolute atomic E-state index is 0.268. The lowest BCUT2D eigenvalue weighted by molar-refractivity contribution is 0.498. The highest BCUT2D eigenvalue weighted by molar-refractivity contribution is 6.30. The van der Waals surface area contributed by atoms with E-state index >= 15 is 0 Å². The highest BCUT2D eigenvalue weighted by Crippen LogP contribution is 2.24. The molecule has 0 amide bonds. The Hall–Kier alpha value is -1.45. The van der Waals surface area contributed by atoms with Crippen LogP contribution in [0, 0.1) is 18.6 Å². The lowest BCUT2D eigenvalue weighted by atomic mass is 9.97. The molecule has 2 aromatic rings. The normalized spacial score (nSPS) is 12.4. The van der Waals surface area contributed by atoms with Gasteiger partial charge in [-0.15, -0.1) is 0 Å². The van der Waals surface area contributed by atoms with Gasteiger partial charge in [0, 0.05) is 16.6 Å². The van der Waals surface area contributed by atoms with Gasteiger partial charge in [0.15, 0.2) is 0 Å². The highest BCUT2D eigenvalue weighted by Gasteiger charge is 2.17. The summed E-state index contributed by atoms with van der Waals surface area (Å²) in [5, 5.41) is 3.57. The van der Waals surface area contributed by atoms with Crippen molar-refractivity contribution in [3.63, 3.8) is 0 Å². The van der Waals surface area contributed by atoms with E-state index in [1.807, 2.05) is 19.9 Å². The van der Waals surface area contributed by atoms with Gasteiger partial charge in [-0.2, -0.15) is 0 Å². The van der Waals surface area contributed by atoms with E-state index in [9.17, 15) is 8.78 Å². The molecule has 0 saturated heterocycles. The zero-order chi connectivity index (χ0) is 15.4. The first-order valence-electron chi connectivity index (χ1n) is 6.94. The van der Waals surface area contributed by atoms with Crippen molar-refractivity contribution in [3.8, 4) is 0 Å². The minimum Gasteiger partial charge on any atom is -0.310 e. The zero-order valence-electron chi connectivity index (χ0n) is 12.1. The number of nitrogens with one attached hydrogen (secondary N) is 1. The van der Waals surface area contributed by atoms with E-state index in [1.165, 1.54) is 12.1 Å². The summed E-state index contributed by atoms with van der Waals surface area (Å²) in [5.41, 5.74) is 1.94. The first-order chi connectivity index (χ1) is 10.0. The van der Waals surface area contributed by atoms with Crippen LogP contribution in [0.3, 0.4) is 0 Å². The summed E-state index contributed by atoms with van der Waals surface area (Å²) in [5.74, 6) is -0.631. The molecule has 0 aliphatic rings. The molecule has 1 nitrogen and oxygen atoms in total. The third-order valence-electron chi connectivity index (χ3n) is 3.42. The third kappa shape index (κ3) is 4.02. The van der Waals surface area contributed by atoms with Crippen molar-refractivity contribution >= 4 is 11.6 Å². The van der Waals surface area contributed by atoms with Gasteiger partial charge in [0.05, 0.1) is 0 Å². The summed E-state index contributed by atoms with van der Waals surface area (Å²) in [7, 11) is 0. The second-order valence-electron chi connectivity index (χ2n) is 5.08. The molecular formula is C17H18ClF2N. The molecule has 1 atom stereocenters. The standard InChI is InChI=1S/C17H18ClF2N/c1-3-21-17(14-7-4-11(2)8-16(14)20)9-12-5-6-13(18)10-15(12)19/h4-8,10,17,21H,3,9H2,1-2H3. The Bertz CT molecular complexity index is 628. The van der Waals surface area contributed by atoms with Gasteiger partial charge < -0.3 is 5.32 Å². The summed E-state index contributed by atoms with van der Waals surface area (Å²) in [6.07, 6.45) is 0.372. The SMILES string of the molecule is CCNC(Cc1ccc(Cl)cc1F)c1ccc(C)cc1F. The van der Waals surface area contributed by atoms with Crippen LogP contribution in [0.4, 0.5) is 8.78 Å². The van der Waals surface area contributed by atoms with Crippen molar-refractivity contribution in [1.82, 2.24) is 5.32 Å². The number of aryl methyl sites for hydroxylation is 1. The lowest BCUT2D eigenvalue weighted by Crippen LogP contribution is -2.24. The Morgan fingerprint density at radius 3 is 2.48 bits per heavy atom. The molecule has 0 aliphatic carbocycles. The molecule has 0 fully saturated rings. The molecule has 4 heteroatoms. The Kier molecular flexibility index (Phi) is 5.32. The maximum absolute atomic E-state index is 14.1. The van der Waals surface area contributed by atoms with E-state index in [2.05, 4.69) is 5.32 Å². The van der Waals surface area contributed by atoms with Crippen molar-refractivity contribution in [3.05, 3.63) is 69.7 Å². The lowest BCUT2D eigenvalue weighted by Gasteiger charge is -2.20. The van der Waals surface area contributed by atoms with Gasteiger partial charge in [0.25, 0.3) is 0 Å². The maximum Gasteiger partial charge on any atom is 0.128 e. The zero-order valence-corrected chi connectivity index (χ0v) is 12.8. The molecule has 0 radical (unpaired) electrons. The van der Waals surface area contributed by atoms with Crippen LogP contribution in [-0.2, 0) is 6.42 Å². The quantitative estimate of drug-likeness (QED) is 0.835. The average molecular weight is 310 g/mol. The fourth-order valence-corrected chi connectivity index (χ4v) is 2.52. The Balaban J connectivity index is 2.30. The second-order valence-corrected chi connectivity index (χ2v) is 5.51. The van der Waals surface area contributed by atoms with Crippen molar-refractivity contribution in [2.75, 3.05) is 6.54 Å². The van der Waals surface area contributed by atoms with Gasteiger partial charge in [-0.25, -0.2) is 8.78 Å². The molecule has 21 heavy (non-hydrogen) atoms. The van der Waals surface area contributed by atoms with E-state index < -0.39 is 0 Å². The van der Waals surface area contributed by atoms with E-state index in [0.29, 0.717) is 29.1 Å². The smallest absolute Gasteiger partial charge is 0.128 e. The Morgan fingerprint density at radius 2 is 1.86 bits per heavy atom. The number of hydrogen-bond acceptors (Lipinski definition) is 1. The van der Waals surface area contributed by atoms with E-state index in [-0.39, 0.29) is 17.7 Å². The molecule has 2 rings (SSSR count). The van der Waals surface area contributed by atoms with Crippen molar-refractivity contribution in [2.45, 2.75) is 26.3 Å². The van der Waals surface area contributed by atoms with Gasteiger partial charge in [0.1, 0.15) is 11.6 Å². The maximum atomic E-state index is 14.1. The van der Waals surface area contributed by atoms with Crippen molar-refractivity contribution in [2.24, 2.45) is 0 Å². The molecule has 112 valence electrons. The predicted molar refractivity (Wildman–Crippen MR) is 82.7 cm³/mol. The van der Waals surface area contributed by atoms with E-state index in [1.54, 1.807) is 18.2 Å². The molecule has 0 heterocycles. The molecule has 0 saturated carbocycles. The summed E-state index contributed by atoms with van der Waals surface area (Å²) < 4.78 is 28.1. The van der Waals surface area contributed by atoms with Gasteiger partial charge in [-0.3, -0.25) is 0 Å². The molecule has 1 unspecified atom stereocenters. The number of hydrogen-bond donors (Lipinski definition) is 1. The van der Waals surface area contributed by atoms with Gasteiger partial charge >= 0.3 is 0 Å². The number of halogens is 3. The molecule has 0 spiro atoms. The fraction of sp³-hybridized carbons (Fsp3) is 0.294. The molecule has 0 aliphatic heterocycles. The van der Waals surface area contributed by atoms with Crippen LogP contribution in [0.15, 0.2) is 36.4 Å². The van der Waals surface area contributed by atoms with E-state index in [0.717, 1.165) is 5.56 Å². The van der Waals surface area contributed by atoms with Crippen LogP contribution >= 0.6 is 11.6 Å². The second kappa shape index (κ2) is 7.01. The predicted octanol–water partition coefficient (Wildman–Crippen LogP) is 4.82. The van der Waals surface area contributed by atoms with Crippen LogP contribution in [0.1, 0.15) is 29.7 Å². The van der Waals surface area contributed by atoms with Crippen LogP contribution in [0.25, 0.3) is 0 Å². The Morgan fingerprint density at radius 1 is 1.10 bits per heavy atom. The Labute approximate surface area is 128 Å². The largest absolute Gasteiger partial charge is 0.310 e. The molecule has 2 aromatic carbocycles. The number of rotatable bonds is 5. The van der Waals surface area contributed by atoms with Crippen molar-refractivity contribution < 1.29 is 8.78 Å². The fourth-order valence-electron chi connectivity index (χ4n) is 2.36. The van der Waals surface area contributed by atoms with Gasteiger partial charge in [0.2, 0.25) is 0 Å². The van der Waals surface area contributed by atoms with Crippen LogP contribution < -0.4 is 5.32 Å². The summed E-state index contributed by atoms with van der Waals surface area (Å²) in [6.45, 7) is 4.46. The molecule has 0 aromatic heterocycles. The molecule has 1 N–H and O–H groups in total. The summed E-state index contributed by atoms with van der Waals surface area (Å²) in [4.78, 5) is 0. The summed E-state index contributed by atoms with van der Waals surface area (Å²) >= 11 is 5.76. The number of likely N-dealkylation sites (N-methyl/N-ethyl adjacent to an activating group) is 1. The molecular weight excluding hydrogens is 292 g/mol. The average Bonchev–Trinajstić information content (AvgIpc) is 2.41.